The van der Waals surface area contributed by atoms with Crippen LogP contribution < -0.4 is 10.6 Å². The molecule has 0 aliphatic heterocycles. The second-order valence-electron chi connectivity index (χ2n) is 3.03. The summed E-state index contributed by atoms with van der Waals surface area (Å²) >= 11 is 0. The largest absolute Gasteiger partial charge is 0.495 e. The lowest BCUT2D eigenvalue weighted by Gasteiger charge is -2.11. The van der Waals surface area contributed by atoms with Crippen molar-refractivity contribution in [3.63, 3.8) is 0 Å². The van der Waals surface area contributed by atoms with Crippen LogP contribution in [0, 0.1) is 0 Å². The molecular weight excluding hydrogens is 218 g/mol. The van der Waals surface area contributed by atoms with Gasteiger partial charge in [-0.2, -0.15) is 0 Å². The van der Waals surface area contributed by atoms with Crippen molar-refractivity contribution in [2.24, 2.45) is 5.90 Å². The third-order valence-corrected chi connectivity index (χ3v) is 3.09. The number of benzene rings is 1. The van der Waals surface area contributed by atoms with E-state index in [1.807, 2.05) is 0 Å². The van der Waals surface area contributed by atoms with E-state index < -0.39 is 9.84 Å². The molecule has 84 valence electrons. The van der Waals surface area contributed by atoms with E-state index in [9.17, 15) is 8.42 Å². The number of hydrogen-bond acceptors (Lipinski definition) is 5. The highest BCUT2D eigenvalue weighted by molar-refractivity contribution is 7.90. The summed E-state index contributed by atoms with van der Waals surface area (Å²) in [5, 5.41) is 0. The average Bonchev–Trinajstić information content (AvgIpc) is 2.16. The van der Waals surface area contributed by atoms with Gasteiger partial charge < -0.3 is 4.74 Å². The second-order valence-corrected chi connectivity index (χ2v) is 4.98. The topological polar surface area (TPSA) is 78.6 Å². The van der Waals surface area contributed by atoms with Crippen LogP contribution in [0.2, 0.25) is 0 Å². The number of nitrogens with two attached hydrogens (primary N) is 1. The van der Waals surface area contributed by atoms with Gasteiger partial charge in [-0.25, -0.2) is 14.3 Å². The van der Waals surface area contributed by atoms with Crippen LogP contribution in [-0.4, -0.2) is 21.8 Å². The predicted molar refractivity (Wildman–Crippen MR) is 55.1 cm³/mol. The summed E-state index contributed by atoms with van der Waals surface area (Å²) in [4.78, 5) is 4.57. The van der Waals surface area contributed by atoms with Crippen LogP contribution in [0.15, 0.2) is 23.1 Å². The fraction of sp³-hybridized carbons (Fsp3) is 0.333. The Labute approximate surface area is 88.7 Å². The third-order valence-electron chi connectivity index (χ3n) is 1.89. The highest BCUT2D eigenvalue weighted by Crippen LogP contribution is 2.27. The van der Waals surface area contributed by atoms with E-state index in [4.69, 9.17) is 10.6 Å². The Kier molecular flexibility index (Phi) is 3.67. The second kappa shape index (κ2) is 4.61. The Hall–Kier alpha value is -1.11. The SMILES string of the molecule is COc1cccc(CON)c1S(C)(=O)=O. The molecule has 5 nitrogen and oxygen atoms in total. The summed E-state index contributed by atoms with van der Waals surface area (Å²) < 4.78 is 28.0. The normalized spacial score (nSPS) is 11.4. The van der Waals surface area contributed by atoms with E-state index in [0.717, 1.165) is 6.26 Å². The van der Waals surface area contributed by atoms with Gasteiger partial charge in [-0.15, -0.1) is 0 Å². The van der Waals surface area contributed by atoms with Crippen molar-refractivity contribution in [2.75, 3.05) is 13.4 Å². The molecule has 1 aromatic carbocycles. The maximum atomic E-state index is 11.5. The Morgan fingerprint density at radius 3 is 2.53 bits per heavy atom. The molecule has 1 rings (SSSR count). The van der Waals surface area contributed by atoms with Crippen molar-refractivity contribution >= 4 is 9.84 Å². The molecule has 0 saturated heterocycles. The van der Waals surface area contributed by atoms with Crippen LogP contribution >= 0.6 is 0 Å². The van der Waals surface area contributed by atoms with Crippen molar-refractivity contribution < 1.29 is 18.0 Å². The smallest absolute Gasteiger partial charge is 0.179 e. The molecule has 0 bridgehead atoms. The molecule has 6 heteroatoms. The first-order valence-corrected chi connectivity index (χ1v) is 6.07. The van der Waals surface area contributed by atoms with Gasteiger partial charge in [-0.05, 0) is 6.07 Å². The monoisotopic (exact) mass is 231 g/mol. The van der Waals surface area contributed by atoms with Crippen molar-refractivity contribution in [1.29, 1.82) is 0 Å². The maximum Gasteiger partial charge on any atom is 0.179 e. The molecule has 0 spiro atoms. The standard InChI is InChI=1S/C9H13NO4S/c1-13-8-5-3-4-7(6-14-10)9(8)15(2,11)12/h3-5H,6,10H2,1-2H3. The Balaban J connectivity index is 3.41. The predicted octanol–water partition coefficient (Wildman–Crippen LogP) is 0.489. The Bertz CT molecular complexity index is 441. The Morgan fingerprint density at radius 2 is 2.07 bits per heavy atom. The van der Waals surface area contributed by atoms with Gasteiger partial charge in [0.2, 0.25) is 0 Å². The van der Waals surface area contributed by atoms with Crippen molar-refractivity contribution in [2.45, 2.75) is 11.5 Å². The number of rotatable bonds is 4. The van der Waals surface area contributed by atoms with E-state index in [-0.39, 0.29) is 11.5 Å². The minimum Gasteiger partial charge on any atom is -0.495 e. The van der Waals surface area contributed by atoms with E-state index >= 15 is 0 Å². The molecule has 0 amide bonds. The van der Waals surface area contributed by atoms with E-state index in [0.29, 0.717) is 11.3 Å². The highest BCUT2D eigenvalue weighted by Gasteiger charge is 2.18. The molecule has 0 saturated carbocycles. The van der Waals surface area contributed by atoms with Gasteiger partial charge in [0.1, 0.15) is 10.6 Å². The number of ether oxygens (including phenoxy) is 1. The molecule has 15 heavy (non-hydrogen) atoms. The average molecular weight is 231 g/mol. The molecule has 0 radical (unpaired) electrons. The summed E-state index contributed by atoms with van der Waals surface area (Å²) in [6.07, 6.45) is 1.12. The number of hydrogen-bond donors (Lipinski definition) is 1. The summed E-state index contributed by atoms with van der Waals surface area (Å²) in [6, 6.07) is 4.89. The van der Waals surface area contributed by atoms with Crippen LogP contribution in [0.25, 0.3) is 0 Å². The van der Waals surface area contributed by atoms with E-state index in [1.165, 1.54) is 7.11 Å². The van der Waals surface area contributed by atoms with Gasteiger partial charge in [0.25, 0.3) is 0 Å². The summed E-state index contributed by atoms with van der Waals surface area (Å²) in [7, 11) is -1.95. The first-order valence-electron chi connectivity index (χ1n) is 4.18. The molecule has 0 heterocycles. The summed E-state index contributed by atoms with van der Waals surface area (Å²) in [5.41, 5.74) is 0.486. The summed E-state index contributed by atoms with van der Waals surface area (Å²) in [6.45, 7) is 0.0274. The van der Waals surface area contributed by atoms with Crippen LogP contribution in [0.4, 0.5) is 0 Å². The molecule has 0 aromatic heterocycles. The molecule has 0 aliphatic carbocycles. The summed E-state index contributed by atoms with van der Waals surface area (Å²) in [5.74, 6) is 5.23. The zero-order chi connectivity index (χ0) is 11.5. The minimum atomic E-state index is -3.36. The molecule has 0 aliphatic rings. The lowest BCUT2D eigenvalue weighted by Crippen LogP contribution is -2.08. The van der Waals surface area contributed by atoms with Gasteiger partial charge in [0.05, 0.1) is 13.7 Å². The molecule has 0 unspecified atom stereocenters. The molecule has 1 aromatic rings. The van der Waals surface area contributed by atoms with Gasteiger partial charge in [-0.1, -0.05) is 12.1 Å². The fourth-order valence-electron chi connectivity index (χ4n) is 1.35. The van der Waals surface area contributed by atoms with Gasteiger partial charge in [0.15, 0.2) is 9.84 Å². The fourth-order valence-corrected chi connectivity index (χ4v) is 2.47. The van der Waals surface area contributed by atoms with Crippen molar-refractivity contribution in [3.05, 3.63) is 23.8 Å². The number of sulfone groups is 1. The van der Waals surface area contributed by atoms with Gasteiger partial charge >= 0.3 is 0 Å². The van der Waals surface area contributed by atoms with E-state index in [2.05, 4.69) is 4.84 Å². The van der Waals surface area contributed by atoms with Gasteiger partial charge in [-0.3, -0.25) is 4.84 Å². The van der Waals surface area contributed by atoms with Crippen LogP contribution in [0.1, 0.15) is 5.56 Å². The minimum absolute atomic E-state index is 0.0274. The lowest BCUT2D eigenvalue weighted by molar-refractivity contribution is 0.122. The molecular formula is C9H13NO4S. The van der Waals surface area contributed by atoms with Crippen LogP contribution in [0.3, 0.4) is 0 Å². The van der Waals surface area contributed by atoms with Crippen LogP contribution in [-0.2, 0) is 21.3 Å². The third kappa shape index (κ3) is 2.68. The zero-order valence-electron chi connectivity index (χ0n) is 8.56. The van der Waals surface area contributed by atoms with Crippen LogP contribution in [0.5, 0.6) is 5.75 Å². The number of methoxy groups -OCH3 is 1. The van der Waals surface area contributed by atoms with Crippen molar-refractivity contribution in [1.82, 2.24) is 0 Å². The highest BCUT2D eigenvalue weighted by atomic mass is 32.2. The Morgan fingerprint density at radius 1 is 1.40 bits per heavy atom. The first kappa shape index (κ1) is 12.0. The maximum absolute atomic E-state index is 11.5. The van der Waals surface area contributed by atoms with E-state index in [1.54, 1.807) is 18.2 Å². The zero-order valence-corrected chi connectivity index (χ0v) is 9.37. The van der Waals surface area contributed by atoms with Gasteiger partial charge in [0, 0.05) is 11.8 Å². The molecule has 0 atom stereocenters. The molecule has 2 N–H and O–H groups in total. The quantitative estimate of drug-likeness (QED) is 0.763. The first-order chi connectivity index (χ1) is 7.00. The molecule has 0 fully saturated rings. The van der Waals surface area contributed by atoms with Crippen molar-refractivity contribution in [3.8, 4) is 5.75 Å². The lowest BCUT2D eigenvalue weighted by atomic mass is 10.2.